The number of carbonyl (C=O) groups excluding carboxylic acids is 1. The van der Waals surface area contributed by atoms with Crippen LogP contribution in [-0.2, 0) is 17.9 Å². The zero-order chi connectivity index (χ0) is 21.3. The van der Waals surface area contributed by atoms with E-state index in [-0.39, 0.29) is 11.9 Å². The highest BCUT2D eigenvalue weighted by Crippen LogP contribution is 2.19. The Labute approximate surface area is 178 Å². The summed E-state index contributed by atoms with van der Waals surface area (Å²) in [5, 5.41) is 5.15. The van der Waals surface area contributed by atoms with E-state index in [0.717, 1.165) is 24.3 Å². The van der Waals surface area contributed by atoms with Crippen molar-refractivity contribution < 1.29 is 19.7 Å². The molecule has 0 fully saturated rings. The molecular weight excluding hydrogens is 374 g/mol. The highest BCUT2D eigenvalue weighted by molar-refractivity contribution is 5.94. The molecule has 0 aliphatic rings. The summed E-state index contributed by atoms with van der Waals surface area (Å²) < 4.78 is 5.27. The molecule has 3 aromatic carbocycles. The fraction of sp³-hybridized carbons (Fsp3) is 0.240. The minimum atomic E-state index is -0.350. The minimum absolute atomic E-state index is 0.0508. The first-order chi connectivity index (χ1) is 14.6. The van der Waals surface area contributed by atoms with Crippen LogP contribution >= 0.6 is 0 Å². The first kappa shape index (κ1) is 21.6. The maximum absolute atomic E-state index is 13.2. The molecule has 5 heteroatoms. The van der Waals surface area contributed by atoms with Crippen molar-refractivity contribution in [2.24, 2.45) is 0 Å². The smallest absolute Gasteiger partial charge is 0.287 e. The van der Waals surface area contributed by atoms with Crippen LogP contribution in [0.2, 0.25) is 0 Å². The molecule has 30 heavy (non-hydrogen) atoms. The van der Waals surface area contributed by atoms with E-state index in [1.165, 1.54) is 16.0 Å². The molecule has 0 aliphatic carbocycles. The van der Waals surface area contributed by atoms with Crippen molar-refractivity contribution in [3.8, 4) is 5.75 Å². The second-order valence-electron chi connectivity index (χ2n) is 7.70. The lowest BCUT2D eigenvalue weighted by molar-refractivity contribution is -0.872. The summed E-state index contributed by atoms with van der Waals surface area (Å²) in [7, 11) is 5.91. The number of hydrogen-bond donors (Lipinski definition) is 3. The average molecular weight is 406 g/mol. The van der Waals surface area contributed by atoms with Crippen LogP contribution in [0.3, 0.4) is 0 Å². The van der Waals surface area contributed by atoms with Crippen molar-refractivity contribution in [3.05, 3.63) is 95.6 Å². The maximum Gasteiger partial charge on any atom is 0.287 e. The van der Waals surface area contributed by atoms with Crippen LogP contribution in [-0.4, -0.2) is 27.1 Å². The van der Waals surface area contributed by atoms with Crippen LogP contribution in [0.25, 0.3) is 0 Å². The number of methoxy groups -OCH3 is 1. The molecule has 1 unspecified atom stereocenters. The zero-order valence-electron chi connectivity index (χ0n) is 17.9. The molecule has 0 spiro atoms. The van der Waals surface area contributed by atoms with Gasteiger partial charge in [0.15, 0.2) is 6.04 Å². The number of nitrogens with two attached hydrogens (primary N) is 1. The van der Waals surface area contributed by atoms with Gasteiger partial charge in [0.05, 0.1) is 21.2 Å². The van der Waals surface area contributed by atoms with Gasteiger partial charge >= 0.3 is 0 Å². The zero-order valence-corrected chi connectivity index (χ0v) is 17.9. The van der Waals surface area contributed by atoms with Gasteiger partial charge in [0.2, 0.25) is 0 Å². The largest absolute Gasteiger partial charge is 0.497 e. The van der Waals surface area contributed by atoms with E-state index in [2.05, 4.69) is 49.0 Å². The number of rotatable bonds is 9. The molecule has 3 rings (SSSR count). The topological polar surface area (TPSA) is 59.4 Å². The van der Waals surface area contributed by atoms with Crippen LogP contribution in [0.15, 0.2) is 78.9 Å². The van der Waals surface area contributed by atoms with E-state index in [1.54, 1.807) is 7.11 Å². The van der Waals surface area contributed by atoms with Gasteiger partial charge in [-0.25, -0.2) is 0 Å². The highest BCUT2D eigenvalue weighted by Gasteiger charge is 2.24. The van der Waals surface area contributed by atoms with Crippen molar-refractivity contribution in [2.75, 3.05) is 26.5 Å². The van der Waals surface area contributed by atoms with Gasteiger partial charge in [0.25, 0.3) is 5.91 Å². The van der Waals surface area contributed by atoms with E-state index in [1.807, 2.05) is 54.6 Å². The van der Waals surface area contributed by atoms with Gasteiger partial charge in [-0.3, -0.25) is 4.79 Å². The Morgan fingerprint density at radius 2 is 1.67 bits per heavy atom. The van der Waals surface area contributed by atoms with Crippen LogP contribution in [0.5, 0.6) is 5.75 Å². The van der Waals surface area contributed by atoms with Crippen molar-refractivity contribution in [1.29, 1.82) is 0 Å². The van der Waals surface area contributed by atoms with Crippen molar-refractivity contribution in [1.82, 2.24) is 0 Å². The molecule has 156 valence electrons. The SMILES string of the molecule is COc1cccc(NC(=O)C([NH2+]Cc2ccccc2C[NH+](C)C)c2ccccc2)c1. The molecule has 1 amide bonds. The van der Waals surface area contributed by atoms with Crippen molar-refractivity contribution in [3.63, 3.8) is 0 Å². The van der Waals surface area contributed by atoms with Crippen molar-refractivity contribution >= 4 is 11.6 Å². The molecule has 5 nitrogen and oxygen atoms in total. The Kier molecular flexibility index (Phi) is 7.60. The number of ether oxygens (including phenoxy) is 1. The second-order valence-corrected chi connectivity index (χ2v) is 7.70. The van der Waals surface area contributed by atoms with Gasteiger partial charge in [-0.15, -0.1) is 0 Å². The quantitative estimate of drug-likeness (QED) is 0.508. The van der Waals surface area contributed by atoms with Crippen LogP contribution < -0.4 is 20.3 Å². The number of hydrogen-bond acceptors (Lipinski definition) is 2. The monoisotopic (exact) mass is 405 g/mol. The molecule has 4 N–H and O–H groups in total. The van der Waals surface area contributed by atoms with E-state index in [9.17, 15) is 4.79 Å². The average Bonchev–Trinajstić information content (AvgIpc) is 2.75. The van der Waals surface area contributed by atoms with E-state index < -0.39 is 0 Å². The highest BCUT2D eigenvalue weighted by atomic mass is 16.5. The van der Waals surface area contributed by atoms with Crippen LogP contribution in [0.1, 0.15) is 22.7 Å². The predicted octanol–water partition coefficient (Wildman–Crippen LogP) is 1.78. The summed E-state index contributed by atoms with van der Waals surface area (Å²) in [6.45, 7) is 1.69. The predicted molar refractivity (Wildman–Crippen MR) is 119 cm³/mol. The molecule has 1 atom stereocenters. The van der Waals surface area contributed by atoms with Gasteiger partial charge in [0.1, 0.15) is 18.8 Å². The lowest BCUT2D eigenvalue weighted by Crippen LogP contribution is -3.04. The lowest BCUT2D eigenvalue weighted by Gasteiger charge is -2.18. The number of benzene rings is 3. The molecular formula is C25H31N3O2+2. The van der Waals surface area contributed by atoms with Gasteiger partial charge in [-0.1, -0.05) is 60.7 Å². The number of amides is 1. The van der Waals surface area contributed by atoms with Gasteiger partial charge in [-0.2, -0.15) is 0 Å². The first-order valence-corrected chi connectivity index (χ1v) is 10.3. The van der Waals surface area contributed by atoms with E-state index in [0.29, 0.717) is 5.75 Å². The van der Waals surface area contributed by atoms with Crippen LogP contribution in [0.4, 0.5) is 5.69 Å². The molecule has 0 saturated heterocycles. The number of anilines is 1. The fourth-order valence-electron chi connectivity index (χ4n) is 3.53. The lowest BCUT2D eigenvalue weighted by atomic mass is 10.0. The van der Waals surface area contributed by atoms with Crippen molar-refractivity contribution in [2.45, 2.75) is 19.1 Å². The van der Waals surface area contributed by atoms with E-state index in [4.69, 9.17) is 4.74 Å². The minimum Gasteiger partial charge on any atom is -0.497 e. The standard InChI is InChI=1S/C25H29N3O2/c1-28(2)18-21-13-8-7-12-20(21)17-26-24(19-10-5-4-6-11-19)25(29)27-22-14-9-15-23(16-22)30-3/h4-16,24,26H,17-18H2,1-3H3,(H,27,29)/p+2. The van der Waals surface area contributed by atoms with Crippen LogP contribution in [0, 0.1) is 0 Å². The Balaban J connectivity index is 1.79. The van der Waals surface area contributed by atoms with Gasteiger partial charge in [-0.05, 0) is 12.1 Å². The summed E-state index contributed by atoms with van der Waals surface area (Å²) in [6, 6.07) is 25.5. The summed E-state index contributed by atoms with van der Waals surface area (Å²) in [5.41, 5.74) is 4.28. The Hall–Kier alpha value is -3.15. The third-order valence-corrected chi connectivity index (χ3v) is 5.01. The maximum atomic E-state index is 13.2. The summed E-state index contributed by atoms with van der Waals surface area (Å²) >= 11 is 0. The molecule has 0 bridgehead atoms. The second kappa shape index (κ2) is 10.6. The summed E-state index contributed by atoms with van der Waals surface area (Å²) in [4.78, 5) is 14.6. The Morgan fingerprint density at radius 1 is 0.967 bits per heavy atom. The van der Waals surface area contributed by atoms with Gasteiger partial charge in [0, 0.05) is 28.4 Å². The summed E-state index contributed by atoms with van der Waals surface area (Å²) in [5.74, 6) is 0.665. The normalized spacial score (nSPS) is 11.9. The van der Waals surface area contributed by atoms with E-state index >= 15 is 0 Å². The first-order valence-electron chi connectivity index (χ1n) is 10.3. The summed E-state index contributed by atoms with van der Waals surface area (Å²) in [6.07, 6.45) is 0. The molecule has 0 aliphatic heterocycles. The third-order valence-electron chi connectivity index (χ3n) is 5.01. The Bertz CT molecular complexity index is 957. The molecule has 0 aromatic heterocycles. The molecule has 0 heterocycles. The molecule has 0 saturated carbocycles. The number of carbonyl (C=O) groups is 1. The third kappa shape index (κ3) is 5.92. The molecule has 0 radical (unpaired) electrons. The molecule has 3 aromatic rings. The number of quaternary nitrogens is 2. The fourth-order valence-corrected chi connectivity index (χ4v) is 3.53. The Morgan fingerprint density at radius 3 is 2.37 bits per heavy atom. The van der Waals surface area contributed by atoms with Gasteiger partial charge < -0.3 is 20.3 Å². The number of nitrogens with one attached hydrogen (secondary N) is 2.